The van der Waals surface area contributed by atoms with Crippen molar-refractivity contribution in [2.75, 3.05) is 25.4 Å². The molecule has 13 nitrogen and oxygen atoms in total. The standard InChI is InChI=1S/C26H31Cl2N7O6/c27-17-4-3-16(10-18(17)28)41-26(39)34-7-5-14(6-8-34)9-20-32-23(29)21-24(33-20)35(12-30-21)13-40-22(19(37)11-36)25(38)31-15-1-2-15/h3-4,10,12,14-15,19,22,36-37H,1-2,5-9,11,13H2,(H,31,38)(H2,29,32,33)/t19-,22+/m1/s1. The minimum absolute atomic E-state index is 0.0729. The van der Waals surface area contributed by atoms with Crippen LogP contribution in [-0.4, -0.2) is 84.6 Å². The number of rotatable bonds is 10. The molecule has 41 heavy (non-hydrogen) atoms. The van der Waals surface area contributed by atoms with Gasteiger partial charge in [0.2, 0.25) is 0 Å². The number of piperidine rings is 1. The Morgan fingerprint density at radius 3 is 2.59 bits per heavy atom. The molecule has 0 bridgehead atoms. The average molecular weight is 608 g/mol. The first-order chi connectivity index (χ1) is 19.7. The van der Waals surface area contributed by atoms with Crippen LogP contribution >= 0.6 is 23.2 Å². The summed E-state index contributed by atoms with van der Waals surface area (Å²) in [6, 6.07) is 4.73. The number of hydrogen-bond donors (Lipinski definition) is 4. The lowest BCUT2D eigenvalue weighted by atomic mass is 9.93. The van der Waals surface area contributed by atoms with Gasteiger partial charge in [0, 0.05) is 31.6 Å². The van der Waals surface area contributed by atoms with Crippen LogP contribution in [-0.2, 0) is 22.7 Å². The van der Waals surface area contributed by atoms with Crippen molar-refractivity contribution in [3.05, 3.63) is 40.4 Å². The number of ether oxygens (including phenoxy) is 2. The molecule has 2 amide bonds. The fourth-order valence-electron chi connectivity index (χ4n) is 4.61. The Bertz CT molecular complexity index is 1410. The van der Waals surface area contributed by atoms with Gasteiger partial charge in [-0.2, -0.15) is 0 Å². The summed E-state index contributed by atoms with van der Waals surface area (Å²) in [5, 5.41) is 23.0. The van der Waals surface area contributed by atoms with Crippen LogP contribution < -0.4 is 15.8 Å². The number of imidazole rings is 1. The zero-order valence-corrected chi connectivity index (χ0v) is 23.6. The van der Waals surface area contributed by atoms with Gasteiger partial charge in [0.1, 0.15) is 29.9 Å². The van der Waals surface area contributed by atoms with E-state index >= 15 is 0 Å². The van der Waals surface area contributed by atoms with E-state index in [0.717, 1.165) is 25.7 Å². The molecular formula is C26H31Cl2N7O6. The molecular weight excluding hydrogens is 577 g/mol. The quantitative estimate of drug-likeness (QED) is 0.267. The number of carbonyl (C=O) groups excluding carboxylic acids is 2. The second-order valence-electron chi connectivity index (χ2n) is 10.2. The summed E-state index contributed by atoms with van der Waals surface area (Å²) >= 11 is 11.9. The first kappa shape index (κ1) is 29.3. The van der Waals surface area contributed by atoms with Gasteiger partial charge in [-0.3, -0.25) is 9.36 Å². The summed E-state index contributed by atoms with van der Waals surface area (Å²) < 4.78 is 12.7. The van der Waals surface area contributed by atoms with E-state index in [0.29, 0.717) is 52.3 Å². The smallest absolute Gasteiger partial charge is 0.410 e. The number of fused-ring (bicyclic) bond motifs is 1. The third kappa shape index (κ3) is 7.16. The zero-order chi connectivity index (χ0) is 29.1. The number of amides is 2. The van der Waals surface area contributed by atoms with E-state index < -0.39 is 30.8 Å². The number of aromatic nitrogens is 4. The normalized spacial score (nSPS) is 17.4. The third-order valence-electron chi connectivity index (χ3n) is 7.09. The molecule has 0 radical (unpaired) electrons. The molecule has 5 N–H and O–H groups in total. The van der Waals surface area contributed by atoms with E-state index in [1.54, 1.807) is 21.6 Å². The summed E-state index contributed by atoms with van der Waals surface area (Å²) in [4.78, 5) is 40.1. The maximum atomic E-state index is 12.6. The number of carbonyl (C=O) groups is 2. The molecule has 0 spiro atoms. The lowest BCUT2D eigenvalue weighted by molar-refractivity contribution is -0.147. The second-order valence-corrected chi connectivity index (χ2v) is 11.1. The number of nitrogens with two attached hydrogens (primary N) is 1. The number of benzene rings is 1. The van der Waals surface area contributed by atoms with E-state index in [9.17, 15) is 19.8 Å². The predicted molar refractivity (Wildman–Crippen MR) is 149 cm³/mol. The Labute approximate surface area is 245 Å². The Balaban J connectivity index is 1.19. The van der Waals surface area contributed by atoms with Gasteiger partial charge in [0.15, 0.2) is 17.6 Å². The SMILES string of the molecule is Nc1nc(CC2CCN(C(=O)Oc3ccc(Cl)c(Cl)c3)CC2)nc2c1ncn2CO[C@H](C(=O)NC1CC1)[C@H](O)CO. The maximum Gasteiger partial charge on any atom is 0.415 e. The van der Waals surface area contributed by atoms with Gasteiger partial charge in [0.05, 0.1) is 23.0 Å². The van der Waals surface area contributed by atoms with E-state index in [4.69, 9.17) is 38.4 Å². The van der Waals surface area contributed by atoms with Crippen molar-refractivity contribution in [1.82, 2.24) is 29.7 Å². The van der Waals surface area contributed by atoms with Crippen molar-refractivity contribution in [1.29, 1.82) is 0 Å². The van der Waals surface area contributed by atoms with Gasteiger partial charge in [-0.1, -0.05) is 23.2 Å². The monoisotopic (exact) mass is 607 g/mol. The van der Waals surface area contributed by atoms with E-state index in [1.807, 2.05) is 0 Å². The number of nitrogen functional groups attached to an aromatic ring is 1. The molecule has 1 saturated heterocycles. The fourth-order valence-corrected chi connectivity index (χ4v) is 4.90. The molecule has 2 aromatic heterocycles. The van der Waals surface area contributed by atoms with Crippen molar-refractivity contribution in [3.8, 4) is 5.75 Å². The molecule has 2 fully saturated rings. The van der Waals surface area contributed by atoms with Crippen molar-refractivity contribution in [3.63, 3.8) is 0 Å². The van der Waals surface area contributed by atoms with Gasteiger partial charge in [-0.15, -0.1) is 0 Å². The van der Waals surface area contributed by atoms with Gasteiger partial charge in [-0.05, 0) is 43.7 Å². The molecule has 2 atom stereocenters. The molecule has 1 aliphatic carbocycles. The number of likely N-dealkylation sites (tertiary alicyclic amines) is 1. The van der Waals surface area contributed by atoms with Crippen LogP contribution in [0.1, 0.15) is 31.5 Å². The fraction of sp³-hybridized carbons (Fsp3) is 0.500. The van der Waals surface area contributed by atoms with Crippen molar-refractivity contribution in [2.24, 2.45) is 5.92 Å². The zero-order valence-electron chi connectivity index (χ0n) is 22.1. The van der Waals surface area contributed by atoms with E-state index in [1.165, 1.54) is 12.4 Å². The molecule has 15 heteroatoms. The van der Waals surface area contributed by atoms with Gasteiger partial charge in [-0.25, -0.2) is 19.7 Å². The number of nitrogens with zero attached hydrogens (tertiary/aromatic N) is 5. The number of aliphatic hydroxyl groups excluding tert-OH is 2. The van der Waals surface area contributed by atoms with Crippen LogP contribution in [0.4, 0.5) is 10.6 Å². The third-order valence-corrected chi connectivity index (χ3v) is 7.83. The van der Waals surface area contributed by atoms with Crippen LogP contribution in [0.25, 0.3) is 11.2 Å². The molecule has 1 saturated carbocycles. The van der Waals surface area contributed by atoms with Crippen LogP contribution in [0, 0.1) is 5.92 Å². The summed E-state index contributed by atoms with van der Waals surface area (Å²) in [5.74, 6) is 0.783. The summed E-state index contributed by atoms with van der Waals surface area (Å²) in [6.07, 6.45) is 2.10. The molecule has 3 heterocycles. The van der Waals surface area contributed by atoms with Gasteiger partial charge in [0.25, 0.3) is 5.91 Å². The maximum absolute atomic E-state index is 12.6. The molecule has 3 aromatic rings. The second kappa shape index (κ2) is 12.7. The predicted octanol–water partition coefficient (Wildman–Crippen LogP) is 2.14. The Kier molecular flexibility index (Phi) is 9.09. The first-order valence-corrected chi connectivity index (χ1v) is 14.1. The lowest BCUT2D eigenvalue weighted by Gasteiger charge is -2.31. The van der Waals surface area contributed by atoms with Crippen LogP contribution in [0.2, 0.25) is 10.0 Å². The minimum Gasteiger partial charge on any atom is -0.410 e. The Morgan fingerprint density at radius 2 is 1.90 bits per heavy atom. The Morgan fingerprint density at radius 1 is 1.15 bits per heavy atom. The Hall–Kier alpha value is -3.23. The van der Waals surface area contributed by atoms with Gasteiger partial charge >= 0.3 is 6.09 Å². The number of anilines is 1. The van der Waals surface area contributed by atoms with Gasteiger partial charge < -0.3 is 35.6 Å². The summed E-state index contributed by atoms with van der Waals surface area (Å²) in [5.41, 5.74) is 6.99. The highest BCUT2D eigenvalue weighted by Gasteiger charge is 2.32. The highest BCUT2D eigenvalue weighted by molar-refractivity contribution is 6.42. The van der Waals surface area contributed by atoms with Crippen LogP contribution in [0.15, 0.2) is 24.5 Å². The topological polar surface area (TPSA) is 178 Å². The highest BCUT2D eigenvalue weighted by atomic mass is 35.5. The van der Waals surface area contributed by atoms with E-state index in [2.05, 4.69) is 20.3 Å². The molecule has 1 aliphatic heterocycles. The minimum atomic E-state index is -1.38. The van der Waals surface area contributed by atoms with E-state index in [-0.39, 0.29) is 24.5 Å². The molecule has 1 aromatic carbocycles. The number of aliphatic hydroxyl groups is 2. The summed E-state index contributed by atoms with van der Waals surface area (Å²) in [6.45, 7) is 0.238. The summed E-state index contributed by atoms with van der Waals surface area (Å²) in [7, 11) is 0. The molecule has 5 rings (SSSR count). The van der Waals surface area contributed by atoms with Crippen molar-refractivity contribution >= 4 is 52.2 Å². The average Bonchev–Trinajstić information content (AvgIpc) is 3.67. The first-order valence-electron chi connectivity index (χ1n) is 13.3. The molecule has 0 unspecified atom stereocenters. The number of nitrogens with one attached hydrogen (secondary N) is 1. The van der Waals surface area contributed by atoms with Crippen LogP contribution in [0.5, 0.6) is 5.75 Å². The molecule has 220 valence electrons. The highest BCUT2D eigenvalue weighted by Crippen LogP contribution is 2.28. The molecule has 2 aliphatic rings. The lowest BCUT2D eigenvalue weighted by Crippen LogP contribution is -2.46. The largest absolute Gasteiger partial charge is 0.415 e. The number of hydrogen-bond acceptors (Lipinski definition) is 10. The van der Waals surface area contributed by atoms with Crippen molar-refractivity contribution in [2.45, 2.75) is 57.1 Å². The van der Waals surface area contributed by atoms with Crippen LogP contribution in [0.3, 0.4) is 0 Å². The number of halogens is 2. The van der Waals surface area contributed by atoms with Crippen molar-refractivity contribution < 1.29 is 29.3 Å².